The van der Waals surface area contributed by atoms with Crippen LogP contribution in [0.4, 0.5) is 11.4 Å². The molecule has 1 heterocycles. The second kappa shape index (κ2) is 5.54. The predicted octanol–water partition coefficient (Wildman–Crippen LogP) is 3.04. The molecule has 0 spiro atoms. The number of benzene rings is 1. The molecule has 0 amide bonds. The third kappa shape index (κ3) is 3.28. The average molecular weight is 326 g/mol. The molecule has 0 saturated heterocycles. The van der Waals surface area contributed by atoms with Crippen LogP contribution < -0.4 is 10.5 Å². The van der Waals surface area contributed by atoms with E-state index in [-0.39, 0.29) is 10.6 Å². The highest BCUT2D eigenvalue weighted by Crippen LogP contribution is 2.28. The summed E-state index contributed by atoms with van der Waals surface area (Å²) in [6.45, 7) is 5.29. The molecule has 5 nitrogen and oxygen atoms in total. The van der Waals surface area contributed by atoms with Crippen LogP contribution in [-0.2, 0) is 10.0 Å². The molecule has 7 heteroatoms. The van der Waals surface area contributed by atoms with Crippen LogP contribution in [0.5, 0.6) is 0 Å². The zero-order valence-electron chi connectivity index (χ0n) is 11.9. The van der Waals surface area contributed by atoms with Gasteiger partial charge in [0.1, 0.15) is 0 Å². The number of rotatable bonds is 3. The highest BCUT2D eigenvalue weighted by Gasteiger charge is 2.18. The molecule has 2 rings (SSSR count). The van der Waals surface area contributed by atoms with E-state index < -0.39 is 10.0 Å². The second-order valence-corrected chi connectivity index (χ2v) is 6.89. The zero-order chi connectivity index (χ0) is 15.8. The van der Waals surface area contributed by atoms with E-state index in [0.29, 0.717) is 22.0 Å². The SMILES string of the molecule is Cc1ccc(NS(=O)(=O)c2cc(C)c(Cl)c(N)c2)c(C)n1. The normalized spacial score (nSPS) is 11.4. The Balaban J connectivity index is 2.43. The van der Waals surface area contributed by atoms with Crippen molar-refractivity contribution in [3.05, 3.63) is 46.2 Å². The molecule has 0 fully saturated rings. The number of pyridine rings is 1. The Hall–Kier alpha value is -1.79. The molecule has 3 N–H and O–H groups in total. The van der Waals surface area contributed by atoms with Crippen LogP contribution in [0.3, 0.4) is 0 Å². The lowest BCUT2D eigenvalue weighted by Gasteiger charge is -2.12. The van der Waals surface area contributed by atoms with Crippen molar-refractivity contribution in [2.24, 2.45) is 0 Å². The molecular weight excluding hydrogens is 310 g/mol. The van der Waals surface area contributed by atoms with Crippen LogP contribution in [0.2, 0.25) is 5.02 Å². The van der Waals surface area contributed by atoms with Gasteiger partial charge < -0.3 is 5.73 Å². The van der Waals surface area contributed by atoms with Gasteiger partial charge in [-0.05, 0) is 50.6 Å². The van der Waals surface area contributed by atoms with Gasteiger partial charge in [0.15, 0.2) is 0 Å². The maximum Gasteiger partial charge on any atom is 0.262 e. The number of aryl methyl sites for hydroxylation is 3. The minimum Gasteiger partial charge on any atom is -0.397 e. The molecule has 0 aliphatic rings. The van der Waals surface area contributed by atoms with Gasteiger partial charge in [0.05, 0.1) is 27.0 Å². The Kier molecular flexibility index (Phi) is 4.11. The number of nitrogens with one attached hydrogen (secondary N) is 1. The van der Waals surface area contributed by atoms with Gasteiger partial charge in [0, 0.05) is 5.69 Å². The number of hydrogen-bond donors (Lipinski definition) is 2. The van der Waals surface area contributed by atoms with Crippen molar-refractivity contribution in [3.63, 3.8) is 0 Å². The number of aromatic nitrogens is 1. The van der Waals surface area contributed by atoms with Gasteiger partial charge in [-0.2, -0.15) is 0 Å². The topological polar surface area (TPSA) is 85.1 Å². The molecule has 1 aromatic carbocycles. The molecule has 0 aliphatic heterocycles. The Bertz CT molecular complexity index is 781. The Morgan fingerprint density at radius 1 is 1.19 bits per heavy atom. The van der Waals surface area contributed by atoms with Gasteiger partial charge in [0.25, 0.3) is 10.0 Å². The summed E-state index contributed by atoms with van der Waals surface area (Å²) in [7, 11) is -3.74. The van der Waals surface area contributed by atoms with Crippen LogP contribution in [0.1, 0.15) is 17.0 Å². The highest BCUT2D eigenvalue weighted by molar-refractivity contribution is 7.92. The molecule has 112 valence electrons. The number of anilines is 2. The van der Waals surface area contributed by atoms with Gasteiger partial charge in [-0.25, -0.2) is 8.42 Å². The molecule has 0 bridgehead atoms. The van der Waals surface area contributed by atoms with E-state index in [0.717, 1.165) is 5.69 Å². The van der Waals surface area contributed by atoms with Crippen LogP contribution in [0.25, 0.3) is 0 Å². The lowest BCUT2D eigenvalue weighted by molar-refractivity contribution is 0.601. The molecule has 0 radical (unpaired) electrons. The van der Waals surface area contributed by atoms with E-state index in [4.69, 9.17) is 17.3 Å². The Morgan fingerprint density at radius 3 is 2.43 bits per heavy atom. The maximum absolute atomic E-state index is 12.4. The van der Waals surface area contributed by atoms with Gasteiger partial charge in [0.2, 0.25) is 0 Å². The van der Waals surface area contributed by atoms with E-state index >= 15 is 0 Å². The van der Waals surface area contributed by atoms with Crippen molar-refractivity contribution >= 4 is 33.0 Å². The fourth-order valence-electron chi connectivity index (χ4n) is 1.92. The minimum absolute atomic E-state index is 0.0712. The molecular formula is C14H16ClN3O2S. The van der Waals surface area contributed by atoms with Gasteiger partial charge >= 0.3 is 0 Å². The van der Waals surface area contributed by atoms with Crippen molar-refractivity contribution in [3.8, 4) is 0 Å². The summed E-state index contributed by atoms with van der Waals surface area (Å²) in [4.78, 5) is 4.30. The summed E-state index contributed by atoms with van der Waals surface area (Å²) in [6, 6.07) is 6.25. The summed E-state index contributed by atoms with van der Waals surface area (Å²) >= 11 is 5.95. The first kappa shape index (κ1) is 15.6. The largest absolute Gasteiger partial charge is 0.397 e. The van der Waals surface area contributed by atoms with Crippen molar-refractivity contribution in [1.29, 1.82) is 0 Å². The quantitative estimate of drug-likeness (QED) is 0.849. The lowest BCUT2D eigenvalue weighted by Crippen LogP contribution is -2.15. The third-order valence-corrected chi connectivity index (χ3v) is 4.90. The summed E-state index contributed by atoms with van der Waals surface area (Å²) in [5, 5.41) is 0.363. The fourth-order valence-corrected chi connectivity index (χ4v) is 3.26. The molecule has 0 aliphatic carbocycles. The zero-order valence-corrected chi connectivity index (χ0v) is 13.5. The number of nitrogen functional groups attached to an aromatic ring is 1. The number of halogens is 1. The smallest absolute Gasteiger partial charge is 0.262 e. The van der Waals surface area contributed by atoms with Crippen molar-refractivity contribution < 1.29 is 8.42 Å². The summed E-state index contributed by atoms with van der Waals surface area (Å²) in [5.74, 6) is 0. The number of nitrogens with zero attached hydrogens (tertiary/aromatic N) is 1. The maximum atomic E-state index is 12.4. The fraction of sp³-hybridized carbons (Fsp3) is 0.214. The third-order valence-electron chi connectivity index (χ3n) is 3.04. The molecule has 21 heavy (non-hydrogen) atoms. The van der Waals surface area contributed by atoms with Gasteiger partial charge in [-0.15, -0.1) is 0 Å². The first-order chi connectivity index (χ1) is 9.70. The monoisotopic (exact) mass is 325 g/mol. The predicted molar refractivity (Wildman–Crippen MR) is 85.1 cm³/mol. The van der Waals surface area contributed by atoms with Crippen LogP contribution in [0, 0.1) is 20.8 Å². The summed E-state index contributed by atoms with van der Waals surface area (Å²) in [5.41, 5.74) is 8.43. The molecule has 2 aromatic rings. The minimum atomic E-state index is -3.74. The van der Waals surface area contributed by atoms with Crippen molar-refractivity contribution in [2.75, 3.05) is 10.5 Å². The Labute approximate surface area is 129 Å². The van der Waals surface area contributed by atoms with E-state index in [9.17, 15) is 8.42 Å². The average Bonchev–Trinajstić information content (AvgIpc) is 2.38. The number of hydrogen-bond acceptors (Lipinski definition) is 4. The van der Waals surface area contributed by atoms with Crippen molar-refractivity contribution in [2.45, 2.75) is 25.7 Å². The summed E-state index contributed by atoms with van der Waals surface area (Å²) in [6.07, 6.45) is 0. The van der Waals surface area contributed by atoms with E-state index in [1.54, 1.807) is 26.0 Å². The van der Waals surface area contributed by atoms with Crippen LogP contribution >= 0.6 is 11.6 Å². The molecule has 1 aromatic heterocycles. The highest BCUT2D eigenvalue weighted by atomic mass is 35.5. The molecule has 0 atom stereocenters. The van der Waals surface area contributed by atoms with Crippen LogP contribution in [-0.4, -0.2) is 13.4 Å². The van der Waals surface area contributed by atoms with E-state index in [1.807, 2.05) is 6.92 Å². The lowest BCUT2D eigenvalue weighted by atomic mass is 10.2. The van der Waals surface area contributed by atoms with E-state index in [1.165, 1.54) is 12.1 Å². The molecule has 0 unspecified atom stereocenters. The van der Waals surface area contributed by atoms with Gasteiger partial charge in [-0.1, -0.05) is 11.6 Å². The van der Waals surface area contributed by atoms with Gasteiger partial charge in [-0.3, -0.25) is 9.71 Å². The van der Waals surface area contributed by atoms with Crippen molar-refractivity contribution in [1.82, 2.24) is 4.98 Å². The van der Waals surface area contributed by atoms with Crippen LogP contribution in [0.15, 0.2) is 29.2 Å². The second-order valence-electron chi connectivity index (χ2n) is 4.83. The Morgan fingerprint density at radius 2 is 1.86 bits per heavy atom. The molecule has 0 saturated carbocycles. The number of nitrogens with two attached hydrogens (primary N) is 1. The number of sulfonamides is 1. The first-order valence-electron chi connectivity index (χ1n) is 6.23. The summed E-state index contributed by atoms with van der Waals surface area (Å²) < 4.78 is 27.3. The first-order valence-corrected chi connectivity index (χ1v) is 8.09. The standard InChI is InChI=1S/C14H16ClN3O2S/c1-8-6-11(7-12(16)14(8)15)21(19,20)18-13-5-4-9(2)17-10(13)3/h4-7,18H,16H2,1-3H3. The van der Waals surface area contributed by atoms with E-state index in [2.05, 4.69) is 9.71 Å².